The molecule has 0 aliphatic rings. The second kappa shape index (κ2) is 7.38. The van der Waals surface area contributed by atoms with Crippen molar-refractivity contribution in [2.24, 2.45) is 0 Å². The van der Waals surface area contributed by atoms with E-state index in [1.54, 1.807) is 30.3 Å². The Morgan fingerprint density at radius 2 is 1.48 bits per heavy atom. The van der Waals surface area contributed by atoms with Gasteiger partial charge in [-0.1, -0.05) is 66.2 Å². The Hall–Kier alpha value is -3.41. The van der Waals surface area contributed by atoms with E-state index in [0.717, 1.165) is 27.5 Å². The van der Waals surface area contributed by atoms with Crippen LogP contribution >= 0.6 is 0 Å². The molecule has 1 N–H and O–H groups in total. The summed E-state index contributed by atoms with van der Waals surface area (Å²) >= 11 is 0. The van der Waals surface area contributed by atoms with E-state index in [1.807, 2.05) is 67.6 Å². The van der Waals surface area contributed by atoms with Crippen LogP contribution in [-0.2, 0) is 16.6 Å². The molecule has 0 spiro atoms. The van der Waals surface area contributed by atoms with Gasteiger partial charge < -0.3 is 5.11 Å². The molecule has 0 saturated heterocycles. The number of aliphatic hydroxyl groups is 1. The Bertz CT molecular complexity index is 1520. The first-order valence-electron chi connectivity index (χ1n) is 10.1. The van der Waals surface area contributed by atoms with Crippen LogP contribution in [0.4, 0.5) is 0 Å². The van der Waals surface area contributed by atoms with E-state index >= 15 is 0 Å². The molecule has 5 heteroatoms. The second-order valence-electron chi connectivity index (χ2n) is 7.66. The predicted molar refractivity (Wildman–Crippen MR) is 125 cm³/mol. The summed E-state index contributed by atoms with van der Waals surface area (Å²) < 4.78 is 29.0. The summed E-state index contributed by atoms with van der Waals surface area (Å²) in [5.74, 6) is 0. The maximum atomic E-state index is 13.8. The van der Waals surface area contributed by atoms with Gasteiger partial charge >= 0.3 is 0 Å². The molecule has 0 amide bonds. The number of para-hydroxylation sites is 1. The zero-order chi connectivity index (χ0) is 21.6. The molecule has 0 unspecified atom stereocenters. The third-order valence-corrected chi connectivity index (χ3v) is 7.36. The summed E-state index contributed by atoms with van der Waals surface area (Å²) in [7, 11) is -3.85. The van der Waals surface area contributed by atoms with Crippen molar-refractivity contribution in [3.05, 3.63) is 102 Å². The largest absolute Gasteiger partial charge is 0.392 e. The standard InChI is InChI=1S/C26H21NO3S/c1-18-11-13-21(14-12-18)31(29,30)27-24-10-6-5-9-22(24)26-23(20-7-3-2-4-8-20)15-19(17-28)16-25(26)27/h2-16,28H,17H2,1H3. The minimum atomic E-state index is -3.85. The molecule has 0 aliphatic heterocycles. The van der Waals surface area contributed by atoms with Crippen LogP contribution in [0.25, 0.3) is 32.9 Å². The van der Waals surface area contributed by atoms with Crippen LogP contribution in [-0.4, -0.2) is 17.5 Å². The highest BCUT2D eigenvalue weighted by atomic mass is 32.2. The average Bonchev–Trinajstić information content (AvgIpc) is 3.14. The van der Waals surface area contributed by atoms with Gasteiger partial charge in [0.05, 0.1) is 22.5 Å². The fraction of sp³-hybridized carbons (Fsp3) is 0.0769. The molecule has 0 radical (unpaired) electrons. The molecule has 1 heterocycles. The summed E-state index contributed by atoms with van der Waals surface area (Å²) in [6.45, 7) is 1.75. The quantitative estimate of drug-likeness (QED) is 0.412. The Morgan fingerprint density at radius 1 is 0.806 bits per heavy atom. The maximum Gasteiger partial charge on any atom is 0.268 e. The Labute approximate surface area is 181 Å². The van der Waals surface area contributed by atoms with Crippen LogP contribution < -0.4 is 0 Å². The van der Waals surface area contributed by atoms with Gasteiger partial charge in [0.15, 0.2) is 0 Å². The second-order valence-corrected chi connectivity index (χ2v) is 9.45. The van der Waals surface area contributed by atoms with Gasteiger partial charge in [-0.15, -0.1) is 0 Å². The van der Waals surface area contributed by atoms with Crippen molar-refractivity contribution in [3.63, 3.8) is 0 Å². The monoisotopic (exact) mass is 427 g/mol. The lowest BCUT2D eigenvalue weighted by molar-refractivity contribution is 0.282. The molecule has 1 aromatic heterocycles. The van der Waals surface area contributed by atoms with Gasteiger partial charge in [-0.25, -0.2) is 12.4 Å². The number of aryl methyl sites for hydroxylation is 1. The van der Waals surface area contributed by atoms with Crippen molar-refractivity contribution in [1.29, 1.82) is 0 Å². The highest BCUT2D eigenvalue weighted by Crippen LogP contribution is 2.39. The first kappa shape index (κ1) is 19.5. The van der Waals surface area contributed by atoms with Crippen LogP contribution in [0.2, 0.25) is 0 Å². The van der Waals surface area contributed by atoms with Crippen LogP contribution in [0.3, 0.4) is 0 Å². The fourth-order valence-corrected chi connectivity index (χ4v) is 5.64. The number of hydrogen-bond acceptors (Lipinski definition) is 3. The molecule has 4 nitrogen and oxygen atoms in total. The third kappa shape index (κ3) is 3.14. The topological polar surface area (TPSA) is 59.3 Å². The Morgan fingerprint density at radius 3 is 2.19 bits per heavy atom. The number of aliphatic hydroxyl groups excluding tert-OH is 1. The molecule has 154 valence electrons. The molecular weight excluding hydrogens is 406 g/mol. The lowest BCUT2D eigenvalue weighted by atomic mass is 9.97. The molecule has 0 atom stereocenters. The lowest BCUT2D eigenvalue weighted by Crippen LogP contribution is -2.13. The van der Waals surface area contributed by atoms with Crippen molar-refractivity contribution < 1.29 is 13.5 Å². The zero-order valence-electron chi connectivity index (χ0n) is 17.0. The van der Waals surface area contributed by atoms with Gasteiger partial charge in [0.25, 0.3) is 10.0 Å². The Kier molecular flexibility index (Phi) is 4.65. The maximum absolute atomic E-state index is 13.8. The highest BCUT2D eigenvalue weighted by molar-refractivity contribution is 7.90. The summed E-state index contributed by atoms with van der Waals surface area (Å²) in [5, 5.41) is 11.6. The highest BCUT2D eigenvalue weighted by Gasteiger charge is 2.25. The van der Waals surface area contributed by atoms with E-state index in [2.05, 4.69) is 0 Å². The van der Waals surface area contributed by atoms with E-state index in [1.165, 1.54) is 3.97 Å². The van der Waals surface area contributed by atoms with Gasteiger partial charge in [-0.2, -0.15) is 0 Å². The van der Waals surface area contributed by atoms with Crippen LogP contribution in [0.1, 0.15) is 11.1 Å². The predicted octanol–water partition coefficient (Wildman–Crippen LogP) is 5.50. The summed E-state index contributed by atoms with van der Waals surface area (Å²) in [5.41, 5.74) is 4.71. The van der Waals surface area contributed by atoms with Gasteiger partial charge in [0, 0.05) is 10.8 Å². The molecule has 4 aromatic carbocycles. The van der Waals surface area contributed by atoms with Gasteiger partial charge in [0.2, 0.25) is 0 Å². The number of benzene rings is 4. The molecular formula is C26H21NO3S. The molecule has 0 bridgehead atoms. The third-order valence-electron chi connectivity index (χ3n) is 5.61. The van der Waals surface area contributed by atoms with Crippen molar-refractivity contribution in [2.45, 2.75) is 18.4 Å². The molecule has 5 aromatic rings. The van der Waals surface area contributed by atoms with Crippen molar-refractivity contribution in [1.82, 2.24) is 3.97 Å². The number of nitrogens with zero attached hydrogens (tertiary/aromatic N) is 1. The van der Waals surface area contributed by atoms with Crippen LogP contribution in [0.5, 0.6) is 0 Å². The normalized spacial score (nSPS) is 11.9. The number of hydrogen-bond donors (Lipinski definition) is 1. The number of aromatic nitrogens is 1. The average molecular weight is 428 g/mol. The van der Waals surface area contributed by atoms with Crippen molar-refractivity contribution >= 4 is 31.8 Å². The molecule has 5 rings (SSSR count). The zero-order valence-corrected chi connectivity index (χ0v) is 17.8. The molecule has 0 fully saturated rings. The SMILES string of the molecule is Cc1ccc(S(=O)(=O)n2c3ccccc3c3c(-c4ccccc4)cc(CO)cc32)cc1. The molecule has 31 heavy (non-hydrogen) atoms. The summed E-state index contributed by atoms with van der Waals surface area (Å²) in [6.07, 6.45) is 0. The number of rotatable bonds is 4. The molecule has 0 aliphatic carbocycles. The van der Waals surface area contributed by atoms with Crippen molar-refractivity contribution in [2.75, 3.05) is 0 Å². The van der Waals surface area contributed by atoms with E-state index < -0.39 is 10.0 Å². The van der Waals surface area contributed by atoms with E-state index in [9.17, 15) is 13.5 Å². The van der Waals surface area contributed by atoms with Crippen LogP contribution in [0, 0.1) is 6.92 Å². The van der Waals surface area contributed by atoms with Crippen LogP contribution in [0.15, 0.2) is 95.9 Å². The minimum absolute atomic E-state index is 0.179. The Balaban J connectivity index is 1.95. The lowest BCUT2D eigenvalue weighted by Gasteiger charge is -2.12. The van der Waals surface area contributed by atoms with Gasteiger partial charge in [0.1, 0.15) is 0 Å². The summed E-state index contributed by atoms with van der Waals surface area (Å²) in [4.78, 5) is 0.233. The smallest absolute Gasteiger partial charge is 0.268 e. The molecule has 0 saturated carbocycles. The van der Waals surface area contributed by atoms with Crippen molar-refractivity contribution in [3.8, 4) is 11.1 Å². The first-order valence-corrected chi connectivity index (χ1v) is 11.5. The van der Waals surface area contributed by atoms with E-state index in [4.69, 9.17) is 0 Å². The van der Waals surface area contributed by atoms with Gasteiger partial charge in [-0.3, -0.25) is 0 Å². The number of fused-ring (bicyclic) bond motifs is 3. The first-order chi connectivity index (χ1) is 15.0. The van der Waals surface area contributed by atoms with E-state index in [0.29, 0.717) is 16.6 Å². The fourth-order valence-electron chi connectivity index (χ4n) is 4.13. The van der Waals surface area contributed by atoms with Gasteiger partial charge in [-0.05, 0) is 53.9 Å². The minimum Gasteiger partial charge on any atom is -0.392 e. The van der Waals surface area contributed by atoms with E-state index in [-0.39, 0.29) is 11.5 Å². The summed E-state index contributed by atoms with van der Waals surface area (Å²) in [6, 6.07) is 28.0.